The SMILES string of the molecule is CCn1nccc1-c1ccc([C@H](CC(=O)NC)NC(=O)OC(C)(C)C)cc1. The molecule has 0 radical (unpaired) electrons. The molecule has 2 N–H and O–H groups in total. The van der Waals surface area contributed by atoms with Crippen molar-refractivity contribution in [3.8, 4) is 11.3 Å². The van der Waals surface area contributed by atoms with Gasteiger partial charge in [-0.2, -0.15) is 5.10 Å². The van der Waals surface area contributed by atoms with Gasteiger partial charge < -0.3 is 15.4 Å². The number of benzene rings is 1. The van der Waals surface area contributed by atoms with Gasteiger partial charge in [0.25, 0.3) is 0 Å². The van der Waals surface area contributed by atoms with Crippen molar-refractivity contribution in [2.24, 2.45) is 0 Å². The summed E-state index contributed by atoms with van der Waals surface area (Å²) in [6.07, 6.45) is 1.34. The summed E-state index contributed by atoms with van der Waals surface area (Å²) in [4.78, 5) is 24.1. The number of rotatable bonds is 6. The molecule has 2 amide bonds. The van der Waals surface area contributed by atoms with Gasteiger partial charge in [0.15, 0.2) is 0 Å². The Bertz CT molecular complexity index is 775. The van der Waals surface area contributed by atoms with Crippen LogP contribution >= 0.6 is 0 Å². The van der Waals surface area contributed by atoms with Crippen molar-refractivity contribution in [3.05, 3.63) is 42.1 Å². The maximum atomic E-state index is 12.2. The third-order valence-corrected chi connectivity index (χ3v) is 3.98. The minimum absolute atomic E-state index is 0.127. The van der Waals surface area contributed by atoms with E-state index in [2.05, 4.69) is 15.7 Å². The van der Waals surface area contributed by atoms with E-state index in [9.17, 15) is 9.59 Å². The van der Waals surface area contributed by atoms with Crippen LogP contribution in [0.5, 0.6) is 0 Å². The molecule has 1 heterocycles. The van der Waals surface area contributed by atoms with Gasteiger partial charge in [0.05, 0.1) is 18.2 Å². The molecule has 27 heavy (non-hydrogen) atoms. The van der Waals surface area contributed by atoms with Gasteiger partial charge in [-0.3, -0.25) is 9.48 Å². The van der Waals surface area contributed by atoms with Crippen LogP contribution < -0.4 is 10.6 Å². The fraction of sp³-hybridized carbons (Fsp3) is 0.450. The zero-order valence-corrected chi connectivity index (χ0v) is 16.6. The van der Waals surface area contributed by atoms with Crippen molar-refractivity contribution in [1.82, 2.24) is 20.4 Å². The normalized spacial score (nSPS) is 12.3. The Balaban J connectivity index is 2.21. The van der Waals surface area contributed by atoms with E-state index in [1.165, 1.54) is 0 Å². The van der Waals surface area contributed by atoms with Gasteiger partial charge in [0.1, 0.15) is 5.60 Å². The molecule has 0 saturated heterocycles. The van der Waals surface area contributed by atoms with Crippen LogP contribution in [0, 0.1) is 0 Å². The molecule has 0 spiro atoms. The quantitative estimate of drug-likeness (QED) is 0.815. The van der Waals surface area contributed by atoms with Crippen molar-refractivity contribution in [1.29, 1.82) is 0 Å². The number of hydrogen-bond acceptors (Lipinski definition) is 4. The molecular weight excluding hydrogens is 344 g/mol. The van der Waals surface area contributed by atoms with Crippen molar-refractivity contribution >= 4 is 12.0 Å². The highest BCUT2D eigenvalue weighted by molar-refractivity contribution is 5.78. The highest BCUT2D eigenvalue weighted by Crippen LogP contribution is 2.24. The summed E-state index contributed by atoms with van der Waals surface area (Å²) in [5, 5.41) is 9.67. The third-order valence-electron chi connectivity index (χ3n) is 3.98. The van der Waals surface area contributed by atoms with Crippen LogP contribution in [-0.4, -0.2) is 34.4 Å². The second-order valence-electron chi connectivity index (χ2n) is 7.23. The number of carbonyl (C=O) groups excluding carboxylic acids is 2. The molecule has 146 valence electrons. The highest BCUT2D eigenvalue weighted by Gasteiger charge is 2.22. The lowest BCUT2D eigenvalue weighted by molar-refractivity contribution is -0.121. The fourth-order valence-corrected chi connectivity index (χ4v) is 2.71. The van der Waals surface area contributed by atoms with Crippen LogP contribution in [0.15, 0.2) is 36.5 Å². The maximum absolute atomic E-state index is 12.2. The molecule has 2 aromatic rings. The van der Waals surface area contributed by atoms with E-state index in [0.717, 1.165) is 23.4 Å². The maximum Gasteiger partial charge on any atom is 0.408 e. The number of aryl methyl sites for hydroxylation is 1. The standard InChI is InChI=1S/C20H28N4O3/c1-6-24-17(11-12-22-24)15-9-7-14(8-10-15)16(13-18(25)21-5)23-19(26)27-20(2,3)4/h7-12,16H,6,13H2,1-5H3,(H,21,25)(H,23,26)/t16-/m0/s1. The fourth-order valence-electron chi connectivity index (χ4n) is 2.71. The molecule has 0 aliphatic rings. The number of nitrogens with one attached hydrogen (secondary N) is 2. The van der Waals surface area contributed by atoms with E-state index in [0.29, 0.717) is 0 Å². The van der Waals surface area contributed by atoms with Gasteiger partial charge in [0, 0.05) is 19.8 Å². The Labute approximate surface area is 160 Å². The zero-order chi connectivity index (χ0) is 20.0. The molecule has 0 aliphatic carbocycles. The summed E-state index contributed by atoms with van der Waals surface area (Å²) < 4.78 is 7.24. The van der Waals surface area contributed by atoms with Crippen LogP contribution in [0.3, 0.4) is 0 Å². The van der Waals surface area contributed by atoms with Gasteiger partial charge in [0.2, 0.25) is 5.91 Å². The molecule has 1 aromatic carbocycles. The van der Waals surface area contributed by atoms with Crippen molar-refractivity contribution in [2.45, 2.75) is 52.3 Å². The number of alkyl carbamates (subject to hydrolysis) is 1. The van der Waals surface area contributed by atoms with Crippen molar-refractivity contribution < 1.29 is 14.3 Å². The van der Waals surface area contributed by atoms with Gasteiger partial charge >= 0.3 is 6.09 Å². The number of nitrogens with zero attached hydrogens (tertiary/aromatic N) is 2. The topological polar surface area (TPSA) is 85.3 Å². The Morgan fingerprint density at radius 1 is 1.19 bits per heavy atom. The molecule has 0 fully saturated rings. The van der Waals surface area contributed by atoms with Crippen LogP contribution in [0.1, 0.15) is 45.7 Å². The Morgan fingerprint density at radius 3 is 2.41 bits per heavy atom. The molecule has 0 unspecified atom stereocenters. The third kappa shape index (κ3) is 5.84. The number of hydrogen-bond donors (Lipinski definition) is 2. The first kappa shape index (κ1) is 20.5. The average Bonchev–Trinajstić information content (AvgIpc) is 3.08. The first-order valence-corrected chi connectivity index (χ1v) is 9.05. The van der Waals surface area contributed by atoms with Crippen LogP contribution in [-0.2, 0) is 16.1 Å². The molecule has 0 aliphatic heterocycles. The molecule has 1 atom stereocenters. The first-order chi connectivity index (χ1) is 12.7. The van der Waals surface area contributed by atoms with E-state index >= 15 is 0 Å². The molecule has 0 bridgehead atoms. The second kappa shape index (κ2) is 8.70. The lowest BCUT2D eigenvalue weighted by Crippen LogP contribution is -2.37. The molecule has 7 nitrogen and oxygen atoms in total. The number of aromatic nitrogens is 2. The van der Waals surface area contributed by atoms with Crippen LogP contribution in [0.2, 0.25) is 0 Å². The predicted octanol–water partition coefficient (Wildman–Crippen LogP) is 3.27. The van der Waals surface area contributed by atoms with Gasteiger partial charge in [-0.15, -0.1) is 0 Å². The van der Waals surface area contributed by atoms with Crippen molar-refractivity contribution in [2.75, 3.05) is 7.05 Å². The minimum Gasteiger partial charge on any atom is -0.444 e. The largest absolute Gasteiger partial charge is 0.444 e. The summed E-state index contributed by atoms with van der Waals surface area (Å²) in [7, 11) is 1.57. The van der Waals surface area contributed by atoms with Gasteiger partial charge in [-0.1, -0.05) is 24.3 Å². The van der Waals surface area contributed by atoms with Gasteiger partial charge in [-0.25, -0.2) is 4.79 Å². The molecule has 0 saturated carbocycles. The Morgan fingerprint density at radius 2 is 1.85 bits per heavy atom. The average molecular weight is 372 g/mol. The predicted molar refractivity (Wildman–Crippen MR) is 104 cm³/mol. The monoisotopic (exact) mass is 372 g/mol. The molecule has 7 heteroatoms. The lowest BCUT2D eigenvalue weighted by Gasteiger charge is -2.23. The first-order valence-electron chi connectivity index (χ1n) is 9.05. The summed E-state index contributed by atoms with van der Waals surface area (Å²) in [5.74, 6) is -0.163. The summed E-state index contributed by atoms with van der Waals surface area (Å²) >= 11 is 0. The van der Waals surface area contributed by atoms with Crippen LogP contribution in [0.25, 0.3) is 11.3 Å². The summed E-state index contributed by atoms with van der Waals surface area (Å²) in [5.41, 5.74) is 2.26. The number of ether oxygens (including phenoxy) is 1. The minimum atomic E-state index is -0.607. The van der Waals surface area contributed by atoms with E-state index < -0.39 is 17.7 Å². The van der Waals surface area contributed by atoms with Crippen LogP contribution in [0.4, 0.5) is 4.79 Å². The summed E-state index contributed by atoms with van der Waals surface area (Å²) in [6, 6.07) is 9.23. The molecule has 2 rings (SSSR count). The number of carbonyl (C=O) groups is 2. The molecular formula is C20H28N4O3. The second-order valence-corrected chi connectivity index (χ2v) is 7.23. The smallest absolute Gasteiger partial charge is 0.408 e. The highest BCUT2D eigenvalue weighted by atomic mass is 16.6. The van der Waals surface area contributed by atoms with E-state index in [1.807, 2.05) is 41.9 Å². The molecule has 1 aromatic heterocycles. The Kier molecular flexibility index (Phi) is 6.60. The lowest BCUT2D eigenvalue weighted by atomic mass is 10.0. The Hall–Kier alpha value is -2.83. The van der Waals surface area contributed by atoms with E-state index in [4.69, 9.17) is 4.74 Å². The summed E-state index contributed by atoms with van der Waals surface area (Å²) in [6.45, 7) is 8.21. The van der Waals surface area contributed by atoms with Gasteiger partial charge in [-0.05, 0) is 44.9 Å². The number of amides is 2. The zero-order valence-electron chi connectivity index (χ0n) is 16.6. The van der Waals surface area contributed by atoms with E-state index in [1.54, 1.807) is 34.0 Å². The van der Waals surface area contributed by atoms with Crippen molar-refractivity contribution in [3.63, 3.8) is 0 Å². The van der Waals surface area contributed by atoms with E-state index in [-0.39, 0.29) is 12.3 Å².